The van der Waals surface area contributed by atoms with Gasteiger partial charge in [0, 0.05) is 18.7 Å². The number of piperidine rings is 1. The van der Waals surface area contributed by atoms with Crippen LogP contribution >= 0.6 is 0 Å². The maximum absolute atomic E-state index is 13.8. The third-order valence-electron chi connectivity index (χ3n) is 6.44. The largest absolute Gasteiger partial charge is 0.496 e. The van der Waals surface area contributed by atoms with E-state index in [0.29, 0.717) is 46.0 Å². The Morgan fingerprint density at radius 3 is 2.12 bits per heavy atom. The number of rotatable bonds is 5. The van der Waals surface area contributed by atoms with Gasteiger partial charge in [0.25, 0.3) is 11.8 Å². The number of methoxy groups -OCH3 is 1. The predicted molar refractivity (Wildman–Crippen MR) is 127 cm³/mol. The smallest absolute Gasteiger partial charge is 0.282 e. The minimum Gasteiger partial charge on any atom is -0.496 e. The van der Waals surface area contributed by atoms with Gasteiger partial charge in [0.05, 0.1) is 18.4 Å². The van der Waals surface area contributed by atoms with Crippen LogP contribution in [-0.4, -0.2) is 36.9 Å². The molecule has 1 fully saturated rings. The summed E-state index contributed by atoms with van der Waals surface area (Å²) in [5, 5.41) is 0. The Morgan fingerprint density at radius 2 is 1.53 bits per heavy atom. The zero-order valence-electron chi connectivity index (χ0n) is 19.6. The number of nitrogens with zero attached hydrogens (tertiary/aromatic N) is 2. The molecule has 0 saturated carbocycles. The third kappa shape index (κ3) is 3.92. The molecule has 1 saturated heterocycles. The molecule has 5 nitrogen and oxygen atoms in total. The molecule has 0 radical (unpaired) electrons. The molecule has 2 heterocycles. The van der Waals surface area contributed by atoms with Gasteiger partial charge in [-0.3, -0.25) is 9.59 Å². The monoisotopic (exact) mass is 432 g/mol. The average Bonchev–Trinajstić information content (AvgIpc) is 3.03. The van der Waals surface area contributed by atoms with Gasteiger partial charge in [-0.05, 0) is 47.9 Å². The van der Waals surface area contributed by atoms with Crippen LogP contribution in [0.4, 0.5) is 5.69 Å². The van der Waals surface area contributed by atoms with E-state index in [-0.39, 0.29) is 11.8 Å². The summed E-state index contributed by atoms with van der Waals surface area (Å²) in [7, 11) is 1.59. The molecule has 0 bridgehead atoms. The molecule has 32 heavy (non-hydrogen) atoms. The van der Waals surface area contributed by atoms with E-state index < -0.39 is 0 Å². The average molecular weight is 433 g/mol. The second-order valence-electron chi connectivity index (χ2n) is 9.47. The predicted octanol–water partition coefficient (Wildman–Crippen LogP) is 5.08. The summed E-state index contributed by atoms with van der Waals surface area (Å²) in [6.45, 7) is 10.2. The Morgan fingerprint density at radius 1 is 0.906 bits per heavy atom. The highest BCUT2D eigenvalue weighted by molar-refractivity contribution is 6.45. The molecule has 4 rings (SSSR count). The van der Waals surface area contributed by atoms with E-state index >= 15 is 0 Å². The van der Waals surface area contributed by atoms with Crippen LogP contribution < -0.4 is 9.64 Å². The van der Waals surface area contributed by atoms with Crippen molar-refractivity contribution in [2.45, 2.75) is 40.0 Å². The van der Waals surface area contributed by atoms with Crippen LogP contribution in [0.3, 0.4) is 0 Å². The molecule has 0 N–H and O–H groups in total. The molecule has 168 valence electrons. The van der Waals surface area contributed by atoms with Crippen molar-refractivity contribution in [1.29, 1.82) is 0 Å². The Balaban J connectivity index is 1.83. The highest BCUT2D eigenvalue weighted by Crippen LogP contribution is 2.40. The van der Waals surface area contributed by atoms with Crippen LogP contribution in [-0.2, 0) is 9.59 Å². The molecule has 0 aromatic heterocycles. The van der Waals surface area contributed by atoms with Crippen molar-refractivity contribution in [3.63, 3.8) is 0 Å². The van der Waals surface area contributed by atoms with Gasteiger partial charge >= 0.3 is 0 Å². The van der Waals surface area contributed by atoms with Crippen LogP contribution in [0, 0.1) is 11.8 Å². The minimum atomic E-state index is -0.294. The summed E-state index contributed by atoms with van der Waals surface area (Å²) >= 11 is 0. The zero-order valence-corrected chi connectivity index (χ0v) is 19.6. The quantitative estimate of drug-likeness (QED) is 0.618. The number of hydrogen-bond acceptors (Lipinski definition) is 4. The van der Waals surface area contributed by atoms with Gasteiger partial charge in [0.1, 0.15) is 11.4 Å². The SMILES string of the molecule is COc1ccccc1C1=C(N2CC(C)CC(C)C2)C(=O)N(c2ccc(C(C)C)cc2)C1=O. The van der Waals surface area contributed by atoms with Crippen LogP contribution in [0.2, 0.25) is 0 Å². The van der Waals surface area contributed by atoms with Crippen LogP contribution in [0.15, 0.2) is 54.2 Å². The lowest BCUT2D eigenvalue weighted by Gasteiger charge is -2.37. The normalized spacial score (nSPS) is 21.7. The molecule has 2 amide bonds. The van der Waals surface area contributed by atoms with Gasteiger partial charge in [0.15, 0.2) is 0 Å². The van der Waals surface area contributed by atoms with Crippen molar-refractivity contribution in [2.24, 2.45) is 11.8 Å². The van der Waals surface area contributed by atoms with E-state index in [1.807, 2.05) is 48.5 Å². The first-order chi connectivity index (χ1) is 15.3. The van der Waals surface area contributed by atoms with Crippen molar-refractivity contribution in [3.8, 4) is 5.75 Å². The molecule has 0 spiro atoms. The number of carbonyl (C=O) groups is 2. The topological polar surface area (TPSA) is 49.9 Å². The molecule has 2 unspecified atom stereocenters. The van der Waals surface area contributed by atoms with Crippen molar-refractivity contribution in [2.75, 3.05) is 25.1 Å². The van der Waals surface area contributed by atoms with E-state index in [1.165, 1.54) is 10.5 Å². The fraction of sp³-hybridized carbons (Fsp3) is 0.407. The fourth-order valence-corrected chi connectivity index (χ4v) is 4.99. The zero-order chi connectivity index (χ0) is 23.0. The molecular weight excluding hydrogens is 400 g/mol. The Bertz CT molecular complexity index is 1040. The number of hydrogen-bond donors (Lipinski definition) is 0. The van der Waals surface area contributed by atoms with E-state index in [1.54, 1.807) is 7.11 Å². The van der Waals surface area contributed by atoms with Crippen molar-refractivity contribution in [1.82, 2.24) is 4.90 Å². The van der Waals surface area contributed by atoms with Crippen LogP contribution in [0.1, 0.15) is 51.2 Å². The molecular formula is C27H32N2O3. The summed E-state index contributed by atoms with van der Waals surface area (Å²) in [5.74, 6) is 1.33. The van der Waals surface area contributed by atoms with Gasteiger partial charge in [-0.1, -0.05) is 58.0 Å². The molecule has 2 aromatic carbocycles. The lowest BCUT2D eigenvalue weighted by atomic mass is 9.91. The summed E-state index contributed by atoms with van der Waals surface area (Å²) in [6.07, 6.45) is 1.12. The number of ether oxygens (including phenoxy) is 1. The van der Waals surface area contributed by atoms with E-state index in [4.69, 9.17) is 4.74 Å². The first-order valence-electron chi connectivity index (χ1n) is 11.4. The Labute approximate surface area is 190 Å². The summed E-state index contributed by atoms with van der Waals surface area (Å²) < 4.78 is 5.57. The van der Waals surface area contributed by atoms with Crippen LogP contribution in [0.5, 0.6) is 5.75 Å². The number of amides is 2. The number of para-hydroxylation sites is 1. The number of carbonyl (C=O) groups excluding carboxylic acids is 2. The summed E-state index contributed by atoms with van der Waals surface area (Å²) in [6, 6.07) is 15.2. The van der Waals surface area contributed by atoms with Crippen molar-refractivity contribution in [3.05, 3.63) is 65.4 Å². The first kappa shape index (κ1) is 22.1. The number of imide groups is 1. The molecule has 2 aliphatic rings. The highest BCUT2D eigenvalue weighted by Gasteiger charge is 2.44. The van der Waals surface area contributed by atoms with E-state index in [9.17, 15) is 9.59 Å². The standard InChI is InChI=1S/C27H32N2O3/c1-17(2)20-10-12-21(13-11-20)29-26(30)24(22-8-6-7-9-23(22)32-5)25(27(29)31)28-15-18(3)14-19(4)16-28/h6-13,17-19H,14-16H2,1-5H3. The fourth-order valence-electron chi connectivity index (χ4n) is 4.99. The maximum Gasteiger partial charge on any atom is 0.282 e. The van der Waals surface area contributed by atoms with Gasteiger partial charge in [-0.25, -0.2) is 4.90 Å². The second kappa shape index (κ2) is 8.81. The number of likely N-dealkylation sites (tertiary alicyclic amines) is 1. The lowest BCUT2D eigenvalue weighted by Crippen LogP contribution is -2.42. The highest BCUT2D eigenvalue weighted by atomic mass is 16.5. The van der Waals surface area contributed by atoms with Crippen molar-refractivity contribution >= 4 is 23.1 Å². The van der Waals surface area contributed by atoms with Gasteiger partial charge in [0.2, 0.25) is 0 Å². The van der Waals surface area contributed by atoms with Crippen molar-refractivity contribution < 1.29 is 14.3 Å². The van der Waals surface area contributed by atoms with Gasteiger partial charge in [-0.15, -0.1) is 0 Å². The first-order valence-corrected chi connectivity index (χ1v) is 11.4. The maximum atomic E-state index is 13.8. The molecule has 0 aliphatic carbocycles. The Kier molecular flexibility index (Phi) is 6.09. The van der Waals surface area contributed by atoms with E-state index in [0.717, 1.165) is 19.5 Å². The third-order valence-corrected chi connectivity index (χ3v) is 6.44. The molecule has 2 atom stereocenters. The number of anilines is 1. The van der Waals surface area contributed by atoms with Gasteiger partial charge < -0.3 is 9.64 Å². The molecule has 2 aromatic rings. The Hall–Kier alpha value is -3.08. The minimum absolute atomic E-state index is 0.255. The van der Waals surface area contributed by atoms with Crippen LogP contribution in [0.25, 0.3) is 5.57 Å². The number of benzene rings is 2. The summed E-state index contributed by atoms with van der Waals surface area (Å²) in [4.78, 5) is 31.0. The second-order valence-corrected chi connectivity index (χ2v) is 9.47. The van der Waals surface area contributed by atoms with E-state index in [2.05, 4.69) is 32.6 Å². The molecule has 2 aliphatic heterocycles. The van der Waals surface area contributed by atoms with Gasteiger partial charge in [-0.2, -0.15) is 0 Å². The summed E-state index contributed by atoms with van der Waals surface area (Å²) in [5.41, 5.74) is 3.36. The molecule has 5 heteroatoms. The lowest BCUT2D eigenvalue weighted by molar-refractivity contribution is -0.120.